The molecule has 1 aliphatic rings. The van der Waals surface area contributed by atoms with Crippen molar-refractivity contribution >= 4 is 5.95 Å². The number of rotatable bonds is 4. The molecule has 0 aliphatic carbocycles. The maximum absolute atomic E-state index is 11.9. The predicted octanol–water partition coefficient (Wildman–Crippen LogP) is 0.551. The molecular weight excluding hydrogens is 280 g/mol. The molecule has 1 aromatic carbocycles. The average molecular weight is 300 g/mol. The van der Waals surface area contributed by atoms with Gasteiger partial charge in [-0.15, -0.1) is 0 Å². The van der Waals surface area contributed by atoms with E-state index in [0.717, 1.165) is 31.7 Å². The van der Waals surface area contributed by atoms with E-state index in [1.54, 1.807) is 0 Å². The van der Waals surface area contributed by atoms with Gasteiger partial charge in [0, 0.05) is 44.4 Å². The van der Waals surface area contributed by atoms with Crippen LogP contribution in [0.1, 0.15) is 0 Å². The van der Waals surface area contributed by atoms with Crippen LogP contribution in [0.2, 0.25) is 0 Å². The first kappa shape index (κ1) is 14.7. The van der Waals surface area contributed by atoms with E-state index in [1.807, 2.05) is 30.3 Å². The lowest BCUT2D eigenvalue weighted by Gasteiger charge is -2.34. The second-order valence-corrected chi connectivity index (χ2v) is 5.37. The molecule has 0 spiro atoms. The van der Waals surface area contributed by atoms with E-state index in [-0.39, 0.29) is 12.2 Å². The minimum Gasteiger partial charge on any atom is -0.395 e. The minimum atomic E-state index is -0.137. The average Bonchev–Trinajstić information content (AvgIpc) is 2.56. The molecule has 6 heteroatoms. The Labute approximate surface area is 129 Å². The summed E-state index contributed by atoms with van der Waals surface area (Å²) in [6, 6.07) is 11.2. The number of benzene rings is 1. The van der Waals surface area contributed by atoms with Gasteiger partial charge in [-0.05, 0) is 0 Å². The van der Waals surface area contributed by atoms with Crippen molar-refractivity contribution in [2.75, 3.05) is 44.2 Å². The quantitative estimate of drug-likeness (QED) is 0.863. The number of aromatic amines is 1. The van der Waals surface area contributed by atoms with Gasteiger partial charge in [0.25, 0.3) is 5.56 Å². The predicted molar refractivity (Wildman–Crippen MR) is 86.0 cm³/mol. The SMILES string of the molecule is O=c1cc(-c2ccccc2)nc(N2CCN(CCO)CC2)[nH]1. The molecule has 3 rings (SSSR count). The molecule has 2 aromatic rings. The molecule has 0 atom stereocenters. The summed E-state index contributed by atoms with van der Waals surface area (Å²) in [5.41, 5.74) is 1.49. The number of aliphatic hydroxyl groups excluding tert-OH is 1. The lowest BCUT2D eigenvalue weighted by molar-refractivity contribution is 0.188. The molecular formula is C16H20N4O2. The maximum Gasteiger partial charge on any atom is 0.252 e. The van der Waals surface area contributed by atoms with Crippen molar-refractivity contribution in [2.45, 2.75) is 0 Å². The van der Waals surface area contributed by atoms with E-state index in [0.29, 0.717) is 18.2 Å². The molecule has 1 aromatic heterocycles. The van der Waals surface area contributed by atoms with Gasteiger partial charge >= 0.3 is 0 Å². The van der Waals surface area contributed by atoms with Gasteiger partial charge in [0.1, 0.15) is 0 Å². The highest BCUT2D eigenvalue weighted by Gasteiger charge is 2.18. The van der Waals surface area contributed by atoms with Crippen molar-refractivity contribution in [3.63, 3.8) is 0 Å². The Morgan fingerprint density at radius 3 is 2.55 bits per heavy atom. The third-order valence-corrected chi connectivity index (χ3v) is 3.89. The van der Waals surface area contributed by atoms with Crippen LogP contribution in [-0.4, -0.2) is 59.3 Å². The van der Waals surface area contributed by atoms with Crippen molar-refractivity contribution in [1.82, 2.24) is 14.9 Å². The topological polar surface area (TPSA) is 72.5 Å². The summed E-state index contributed by atoms with van der Waals surface area (Å²) < 4.78 is 0. The van der Waals surface area contributed by atoms with Crippen LogP contribution in [-0.2, 0) is 0 Å². The number of aromatic nitrogens is 2. The molecule has 2 N–H and O–H groups in total. The van der Waals surface area contributed by atoms with Crippen LogP contribution < -0.4 is 10.5 Å². The van der Waals surface area contributed by atoms with Crippen molar-refractivity contribution in [1.29, 1.82) is 0 Å². The van der Waals surface area contributed by atoms with Crippen molar-refractivity contribution < 1.29 is 5.11 Å². The summed E-state index contributed by atoms with van der Waals surface area (Å²) >= 11 is 0. The molecule has 0 saturated carbocycles. The zero-order valence-corrected chi connectivity index (χ0v) is 12.4. The fourth-order valence-electron chi connectivity index (χ4n) is 2.68. The number of anilines is 1. The summed E-state index contributed by atoms with van der Waals surface area (Å²) in [4.78, 5) is 23.6. The molecule has 1 fully saturated rings. The number of hydrogen-bond donors (Lipinski definition) is 2. The number of hydrogen-bond acceptors (Lipinski definition) is 5. The number of β-amino-alcohol motifs (C(OH)–C–C–N with tert-alkyl or cyclic N) is 1. The first-order valence-corrected chi connectivity index (χ1v) is 7.51. The third-order valence-electron chi connectivity index (χ3n) is 3.89. The first-order valence-electron chi connectivity index (χ1n) is 7.51. The first-order chi connectivity index (χ1) is 10.8. The highest BCUT2D eigenvalue weighted by molar-refractivity contribution is 5.59. The second-order valence-electron chi connectivity index (χ2n) is 5.37. The van der Waals surface area contributed by atoms with Gasteiger partial charge in [-0.2, -0.15) is 0 Å². The fourth-order valence-corrected chi connectivity index (χ4v) is 2.68. The van der Waals surface area contributed by atoms with Crippen molar-refractivity contribution in [3.8, 4) is 11.3 Å². The smallest absolute Gasteiger partial charge is 0.252 e. The Hall–Kier alpha value is -2.18. The highest BCUT2D eigenvalue weighted by atomic mass is 16.3. The van der Waals surface area contributed by atoms with Crippen LogP contribution in [0, 0.1) is 0 Å². The maximum atomic E-state index is 11.9. The van der Waals surface area contributed by atoms with Crippen LogP contribution in [0.4, 0.5) is 5.95 Å². The van der Waals surface area contributed by atoms with Gasteiger partial charge in [-0.25, -0.2) is 4.98 Å². The van der Waals surface area contributed by atoms with Gasteiger partial charge in [-0.1, -0.05) is 30.3 Å². The number of nitrogens with zero attached hydrogens (tertiary/aromatic N) is 3. The summed E-state index contributed by atoms with van der Waals surface area (Å²) in [5, 5.41) is 8.99. The molecule has 0 amide bonds. The standard InChI is InChI=1S/C16H20N4O2/c21-11-10-19-6-8-20(9-7-19)16-17-14(12-15(22)18-16)13-4-2-1-3-5-13/h1-5,12,21H,6-11H2,(H,17,18,22). The monoisotopic (exact) mass is 300 g/mol. The van der Waals surface area contributed by atoms with Gasteiger partial charge in [0.05, 0.1) is 12.3 Å². The van der Waals surface area contributed by atoms with Crippen molar-refractivity contribution in [2.24, 2.45) is 0 Å². The molecule has 0 radical (unpaired) electrons. The molecule has 2 heterocycles. The molecule has 6 nitrogen and oxygen atoms in total. The Morgan fingerprint density at radius 1 is 1.14 bits per heavy atom. The Morgan fingerprint density at radius 2 is 1.86 bits per heavy atom. The van der Waals surface area contributed by atoms with Crippen LogP contribution in [0.25, 0.3) is 11.3 Å². The van der Waals surface area contributed by atoms with Crippen LogP contribution in [0.5, 0.6) is 0 Å². The van der Waals surface area contributed by atoms with Crippen LogP contribution >= 0.6 is 0 Å². The Bertz CT molecular complexity index is 663. The summed E-state index contributed by atoms with van der Waals surface area (Å²) in [6.45, 7) is 4.18. The minimum absolute atomic E-state index is 0.137. The van der Waals surface area contributed by atoms with E-state index < -0.39 is 0 Å². The van der Waals surface area contributed by atoms with Crippen LogP contribution in [0.3, 0.4) is 0 Å². The summed E-state index contributed by atoms with van der Waals surface area (Å²) in [7, 11) is 0. The third kappa shape index (κ3) is 3.35. The second kappa shape index (κ2) is 6.72. The van der Waals surface area contributed by atoms with Gasteiger partial charge < -0.3 is 10.0 Å². The fraction of sp³-hybridized carbons (Fsp3) is 0.375. The van der Waals surface area contributed by atoms with Crippen LogP contribution in [0.15, 0.2) is 41.2 Å². The molecule has 1 aliphatic heterocycles. The summed E-state index contributed by atoms with van der Waals surface area (Å²) in [6.07, 6.45) is 0. The number of H-pyrrole nitrogens is 1. The Balaban J connectivity index is 1.81. The lowest BCUT2D eigenvalue weighted by Crippen LogP contribution is -2.48. The zero-order chi connectivity index (χ0) is 15.4. The molecule has 0 bridgehead atoms. The van der Waals surface area contributed by atoms with Gasteiger partial charge in [0.2, 0.25) is 5.95 Å². The lowest BCUT2D eigenvalue weighted by atomic mass is 10.1. The molecule has 22 heavy (non-hydrogen) atoms. The zero-order valence-electron chi connectivity index (χ0n) is 12.4. The summed E-state index contributed by atoms with van der Waals surface area (Å²) in [5.74, 6) is 0.620. The Kier molecular flexibility index (Phi) is 4.50. The number of aliphatic hydroxyl groups is 1. The normalized spacial score (nSPS) is 16.0. The number of nitrogens with one attached hydrogen (secondary N) is 1. The van der Waals surface area contributed by atoms with E-state index in [9.17, 15) is 4.79 Å². The van der Waals surface area contributed by atoms with E-state index in [2.05, 4.69) is 19.8 Å². The molecule has 0 unspecified atom stereocenters. The molecule has 1 saturated heterocycles. The largest absolute Gasteiger partial charge is 0.395 e. The van der Waals surface area contributed by atoms with E-state index in [1.165, 1.54) is 6.07 Å². The van der Waals surface area contributed by atoms with Crippen molar-refractivity contribution in [3.05, 3.63) is 46.8 Å². The highest BCUT2D eigenvalue weighted by Crippen LogP contribution is 2.17. The van der Waals surface area contributed by atoms with Gasteiger partial charge in [0.15, 0.2) is 0 Å². The van der Waals surface area contributed by atoms with E-state index >= 15 is 0 Å². The molecule has 116 valence electrons. The number of piperazine rings is 1. The van der Waals surface area contributed by atoms with Gasteiger partial charge in [-0.3, -0.25) is 14.7 Å². The van der Waals surface area contributed by atoms with E-state index in [4.69, 9.17) is 5.11 Å².